The lowest BCUT2D eigenvalue weighted by Gasteiger charge is -2.11. The van der Waals surface area contributed by atoms with Crippen LogP contribution in [0.3, 0.4) is 0 Å². The minimum Gasteiger partial charge on any atom is -0.497 e. The van der Waals surface area contributed by atoms with E-state index in [9.17, 15) is 4.21 Å². The van der Waals surface area contributed by atoms with E-state index in [0.29, 0.717) is 5.16 Å². The number of benzene rings is 1. The summed E-state index contributed by atoms with van der Waals surface area (Å²) in [5.41, 5.74) is 4.16. The molecule has 3 aromatic rings. The van der Waals surface area contributed by atoms with Crippen LogP contribution in [0.25, 0.3) is 11.0 Å². The summed E-state index contributed by atoms with van der Waals surface area (Å²) in [6.45, 7) is 3.86. The van der Waals surface area contributed by atoms with Gasteiger partial charge in [-0.05, 0) is 26.0 Å². The van der Waals surface area contributed by atoms with Crippen molar-refractivity contribution >= 4 is 35.3 Å². The predicted octanol–water partition coefficient (Wildman–Crippen LogP) is 3.01. The van der Waals surface area contributed by atoms with Crippen molar-refractivity contribution in [1.82, 2.24) is 15.0 Å². The summed E-state index contributed by atoms with van der Waals surface area (Å²) in [7, 11) is 1.91. The van der Waals surface area contributed by atoms with Crippen molar-refractivity contribution in [3.05, 3.63) is 41.2 Å². The number of hydrogen-bond donors (Lipinski definition) is 1. The van der Waals surface area contributed by atoms with Gasteiger partial charge in [0.05, 0.1) is 47.5 Å². The summed E-state index contributed by atoms with van der Waals surface area (Å²) in [5.74, 6) is 1.79. The van der Waals surface area contributed by atoms with Crippen LogP contribution >= 0.6 is 13.5 Å². The Hall–Kier alpha value is -2.06. The molecule has 6 nitrogen and oxygen atoms in total. The smallest absolute Gasteiger partial charge is 0.197 e. The van der Waals surface area contributed by atoms with Gasteiger partial charge in [0, 0.05) is 23.4 Å². The number of aromatic nitrogens is 3. The number of nitrogens with one attached hydrogen (secondary N) is 1. The standard InChI is InChI=1S/C17H19N3O3S.H2S/c1-10-8-18-15(11(2)16(10)23-4)9-24(21)17-19-13-6-5-12(22-3)7-14(13)20-17;/h5-8H,9H2,1-4H3,(H,19,20);1H2/t24-;/m0./s1. The van der Waals surface area contributed by atoms with Gasteiger partial charge in [0.1, 0.15) is 11.5 Å². The SMILES string of the molecule is COc1ccc2nc([S@@](=O)Cc3ncc(C)c(OC)c3C)[nH]c2c1.S. The largest absolute Gasteiger partial charge is 0.497 e. The molecule has 0 amide bonds. The Morgan fingerprint density at radius 2 is 1.96 bits per heavy atom. The second-order valence-electron chi connectivity index (χ2n) is 5.46. The van der Waals surface area contributed by atoms with E-state index in [1.165, 1.54) is 0 Å². The van der Waals surface area contributed by atoms with Crippen molar-refractivity contribution in [3.63, 3.8) is 0 Å². The minimum absolute atomic E-state index is 0. The second kappa shape index (κ2) is 7.88. The summed E-state index contributed by atoms with van der Waals surface area (Å²) in [5, 5.41) is 0.430. The topological polar surface area (TPSA) is 77.1 Å². The first-order chi connectivity index (χ1) is 11.5. The predicted molar refractivity (Wildman–Crippen MR) is 103 cm³/mol. The summed E-state index contributed by atoms with van der Waals surface area (Å²) in [6.07, 6.45) is 1.74. The average Bonchev–Trinajstić information content (AvgIpc) is 3.01. The van der Waals surface area contributed by atoms with E-state index < -0.39 is 10.8 Å². The number of nitrogens with zero attached hydrogens (tertiary/aromatic N) is 2. The number of imidazole rings is 1. The molecule has 0 fully saturated rings. The van der Waals surface area contributed by atoms with Crippen molar-refractivity contribution in [2.75, 3.05) is 14.2 Å². The van der Waals surface area contributed by atoms with Gasteiger partial charge in [-0.15, -0.1) is 0 Å². The number of rotatable bonds is 5. The molecule has 8 heteroatoms. The maximum atomic E-state index is 12.7. The molecule has 2 aromatic heterocycles. The average molecular weight is 380 g/mol. The van der Waals surface area contributed by atoms with Crippen LogP contribution in [0.5, 0.6) is 11.5 Å². The van der Waals surface area contributed by atoms with Gasteiger partial charge in [0.15, 0.2) is 5.16 Å². The molecule has 25 heavy (non-hydrogen) atoms. The molecule has 1 N–H and O–H groups in total. The van der Waals surface area contributed by atoms with Crippen molar-refractivity contribution in [1.29, 1.82) is 0 Å². The number of pyridine rings is 1. The molecule has 0 aliphatic rings. The van der Waals surface area contributed by atoms with Crippen molar-refractivity contribution in [2.45, 2.75) is 24.8 Å². The molecule has 0 saturated heterocycles. The quantitative estimate of drug-likeness (QED) is 0.737. The minimum atomic E-state index is -1.33. The van der Waals surface area contributed by atoms with Gasteiger partial charge in [-0.2, -0.15) is 13.5 Å². The molecule has 1 aromatic carbocycles. The van der Waals surface area contributed by atoms with E-state index in [1.54, 1.807) is 20.4 Å². The van der Waals surface area contributed by atoms with Crippen LogP contribution in [0.15, 0.2) is 29.6 Å². The third-order valence-electron chi connectivity index (χ3n) is 3.90. The zero-order chi connectivity index (χ0) is 17.3. The summed E-state index contributed by atoms with van der Waals surface area (Å²) >= 11 is 0. The van der Waals surface area contributed by atoms with E-state index >= 15 is 0 Å². The number of ether oxygens (including phenoxy) is 2. The molecule has 0 aliphatic heterocycles. The fourth-order valence-electron chi connectivity index (χ4n) is 2.61. The van der Waals surface area contributed by atoms with Gasteiger partial charge < -0.3 is 14.5 Å². The van der Waals surface area contributed by atoms with Gasteiger partial charge in [-0.1, -0.05) is 0 Å². The Morgan fingerprint density at radius 1 is 1.20 bits per heavy atom. The van der Waals surface area contributed by atoms with Crippen LogP contribution < -0.4 is 9.47 Å². The van der Waals surface area contributed by atoms with E-state index in [-0.39, 0.29) is 19.2 Å². The van der Waals surface area contributed by atoms with Gasteiger partial charge in [0.2, 0.25) is 0 Å². The van der Waals surface area contributed by atoms with E-state index in [2.05, 4.69) is 15.0 Å². The van der Waals surface area contributed by atoms with Gasteiger partial charge in [-0.3, -0.25) is 9.19 Å². The highest BCUT2D eigenvalue weighted by molar-refractivity contribution is 7.84. The zero-order valence-electron chi connectivity index (χ0n) is 14.5. The van der Waals surface area contributed by atoms with Crippen LogP contribution in [0.1, 0.15) is 16.8 Å². The van der Waals surface area contributed by atoms with Crippen LogP contribution in [0.4, 0.5) is 0 Å². The van der Waals surface area contributed by atoms with Crippen LogP contribution in [-0.2, 0) is 16.6 Å². The van der Waals surface area contributed by atoms with E-state index in [0.717, 1.165) is 39.4 Å². The number of aromatic amines is 1. The first-order valence-corrected chi connectivity index (χ1v) is 8.76. The fourth-order valence-corrected chi connectivity index (χ4v) is 3.71. The third-order valence-corrected chi connectivity index (χ3v) is 5.06. The fraction of sp³-hybridized carbons (Fsp3) is 0.294. The lowest BCUT2D eigenvalue weighted by Crippen LogP contribution is -2.05. The van der Waals surface area contributed by atoms with Crippen molar-refractivity contribution in [2.24, 2.45) is 0 Å². The normalized spacial score (nSPS) is 11.8. The summed E-state index contributed by atoms with van der Waals surface area (Å²) < 4.78 is 23.3. The molecule has 0 aliphatic carbocycles. The highest BCUT2D eigenvalue weighted by Gasteiger charge is 2.16. The molecular weight excluding hydrogens is 358 g/mol. The first kappa shape index (κ1) is 19.3. The molecule has 0 bridgehead atoms. The molecule has 1 atom stereocenters. The number of H-pyrrole nitrogens is 1. The molecule has 0 unspecified atom stereocenters. The van der Waals surface area contributed by atoms with Crippen molar-refractivity contribution < 1.29 is 13.7 Å². The Kier molecular flexibility index (Phi) is 6.07. The summed E-state index contributed by atoms with van der Waals surface area (Å²) in [4.78, 5) is 11.9. The summed E-state index contributed by atoms with van der Waals surface area (Å²) in [6, 6.07) is 5.50. The number of fused-ring (bicyclic) bond motifs is 1. The van der Waals surface area contributed by atoms with E-state index in [4.69, 9.17) is 9.47 Å². The van der Waals surface area contributed by atoms with Crippen LogP contribution in [-0.4, -0.2) is 33.4 Å². The monoisotopic (exact) mass is 379 g/mol. The molecule has 0 spiro atoms. The molecular formula is C17H21N3O3S2. The highest BCUT2D eigenvalue weighted by atomic mass is 32.2. The highest BCUT2D eigenvalue weighted by Crippen LogP contribution is 2.26. The Morgan fingerprint density at radius 3 is 2.64 bits per heavy atom. The number of hydrogen-bond acceptors (Lipinski definition) is 5. The van der Waals surface area contributed by atoms with Crippen LogP contribution in [0, 0.1) is 13.8 Å². The van der Waals surface area contributed by atoms with Crippen LogP contribution in [0.2, 0.25) is 0 Å². The lowest BCUT2D eigenvalue weighted by atomic mass is 10.1. The number of methoxy groups -OCH3 is 2. The van der Waals surface area contributed by atoms with E-state index in [1.807, 2.05) is 32.0 Å². The Labute approximate surface area is 155 Å². The van der Waals surface area contributed by atoms with Gasteiger partial charge >= 0.3 is 0 Å². The molecule has 0 radical (unpaired) electrons. The first-order valence-electron chi connectivity index (χ1n) is 7.44. The number of aryl methyl sites for hydroxylation is 1. The molecule has 2 heterocycles. The molecule has 134 valence electrons. The maximum Gasteiger partial charge on any atom is 0.197 e. The maximum absolute atomic E-state index is 12.7. The second-order valence-corrected chi connectivity index (χ2v) is 6.83. The zero-order valence-corrected chi connectivity index (χ0v) is 16.4. The Bertz CT molecular complexity index is 925. The van der Waals surface area contributed by atoms with Crippen molar-refractivity contribution in [3.8, 4) is 11.5 Å². The Balaban J connectivity index is 0.00000225. The molecule has 3 rings (SSSR count). The van der Waals surface area contributed by atoms with Gasteiger partial charge in [-0.25, -0.2) is 4.98 Å². The molecule has 0 saturated carbocycles. The van der Waals surface area contributed by atoms with Gasteiger partial charge in [0.25, 0.3) is 0 Å². The third kappa shape index (κ3) is 3.80. The lowest BCUT2D eigenvalue weighted by molar-refractivity contribution is 0.407.